The maximum atomic E-state index is 4.19. The summed E-state index contributed by atoms with van der Waals surface area (Å²) in [5, 5.41) is 1.18. The number of pyridine rings is 1. The molecule has 5 heteroatoms. The lowest BCUT2D eigenvalue weighted by molar-refractivity contribution is 1.22. The van der Waals surface area contributed by atoms with Crippen LogP contribution in [0.25, 0.3) is 22.1 Å². The summed E-state index contributed by atoms with van der Waals surface area (Å²) in [6, 6.07) is 6.05. The first-order valence-corrected chi connectivity index (χ1v) is 5.96. The average molecular weight is 255 g/mol. The maximum Gasteiger partial charge on any atom is 0.137 e. The Hall–Kier alpha value is -2.69. The van der Waals surface area contributed by atoms with Crippen LogP contribution in [-0.4, -0.2) is 24.9 Å². The average Bonchev–Trinajstić information content (AvgIpc) is 3.07. The normalized spacial score (nSPS) is 10.4. The topological polar surface area (TPSA) is 70.2 Å². The number of nitrogens with zero attached hydrogens (tertiary/aromatic N) is 3. The highest BCUT2D eigenvalue weighted by molar-refractivity contribution is 5.75. The minimum atomic E-state index is 0. The van der Waals surface area contributed by atoms with Crippen LogP contribution < -0.4 is 0 Å². The Kier molecular flexibility index (Phi) is 2.94. The molecule has 0 radical (unpaired) electrons. The van der Waals surface area contributed by atoms with Crippen LogP contribution >= 0.6 is 0 Å². The van der Waals surface area contributed by atoms with Crippen molar-refractivity contribution in [2.45, 2.75) is 6.92 Å². The molecule has 19 heavy (non-hydrogen) atoms. The van der Waals surface area contributed by atoms with Gasteiger partial charge in [0.2, 0.25) is 0 Å². The highest BCUT2D eigenvalue weighted by Crippen LogP contribution is 2.09. The Morgan fingerprint density at radius 1 is 1.05 bits per heavy atom. The van der Waals surface area contributed by atoms with Crippen LogP contribution in [-0.2, 0) is 0 Å². The first kappa shape index (κ1) is 11.4. The molecule has 0 saturated carbocycles. The van der Waals surface area contributed by atoms with Crippen LogP contribution in [0.5, 0.6) is 0 Å². The van der Waals surface area contributed by atoms with E-state index < -0.39 is 0 Å². The molecule has 4 heterocycles. The minimum Gasteiger partial charge on any atom is -0.359 e. The van der Waals surface area contributed by atoms with Crippen LogP contribution in [0.2, 0.25) is 0 Å². The molecule has 0 aliphatic heterocycles. The SMILES string of the molecule is Cc1cnc2[nH]ccc2c1.[HH].[HH].c1ncc2[nH]ccc2n1. The molecule has 2 N–H and O–H groups in total. The van der Waals surface area contributed by atoms with E-state index in [0.29, 0.717) is 0 Å². The standard InChI is InChI=1S/C8H8N2.C6H5N3.2H2/c1-6-4-7-2-3-9-8(7)10-5-6;1-2-8-6-3-7-4-9-5(1)6;;/h2-5H,1H3,(H,9,10);1-4,8H;2*1H. The van der Waals surface area contributed by atoms with Gasteiger partial charge in [-0.15, -0.1) is 0 Å². The summed E-state index contributed by atoms with van der Waals surface area (Å²) in [7, 11) is 0. The molecule has 0 amide bonds. The second-order valence-corrected chi connectivity index (χ2v) is 4.23. The summed E-state index contributed by atoms with van der Waals surface area (Å²) in [6.07, 6.45) is 8.90. The number of aryl methyl sites for hydroxylation is 1. The van der Waals surface area contributed by atoms with Crippen molar-refractivity contribution >= 4 is 22.1 Å². The predicted octanol–water partition coefficient (Wildman–Crippen LogP) is 3.32. The zero-order valence-electron chi connectivity index (χ0n) is 10.5. The van der Waals surface area contributed by atoms with Gasteiger partial charge < -0.3 is 9.97 Å². The summed E-state index contributed by atoms with van der Waals surface area (Å²) < 4.78 is 0. The second kappa shape index (κ2) is 4.89. The lowest BCUT2D eigenvalue weighted by atomic mass is 10.2. The number of hydrogen-bond acceptors (Lipinski definition) is 3. The molecule has 0 bridgehead atoms. The fourth-order valence-electron chi connectivity index (χ4n) is 1.84. The molecular weight excluding hydrogens is 238 g/mol. The molecule has 0 saturated heterocycles. The summed E-state index contributed by atoms with van der Waals surface area (Å²) in [6.45, 7) is 2.04. The molecule has 0 aliphatic carbocycles. The van der Waals surface area contributed by atoms with Crippen molar-refractivity contribution in [2.75, 3.05) is 0 Å². The molecule has 98 valence electrons. The molecule has 4 aromatic heterocycles. The van der Waals surface area contributed by atoms with Crippen LogP contribution in [0.4, 0.5) is 0 Å². The number of aromatic nitrogens is 5. The van der Waals surface area contributed by atoms with E-state index >= 15 is 0 Å². The zero-order valence-corrected chi connectivity index (χ0v) is 10.5. The first-order valence-electron chi connectivity index (χ1n) is 5.96. The highest BCUT2D eigenvalue weighted by Gasteiger charge is 1.92. The second-order valence-electron chi connectivity index (χ2n) is 4.23. The van der Waals surface area contributed by atoms with E-state index in [0.717, 1.165) is 16.7 Å². The number of rotatable bonds is 0. The monoisotopic (exact) mass is 255 g/mol. The Labute approximate surface area is 112 Å². The summed E-state index contributed by atoms with van der Waals surface area (Å²) in [5.74, 6) is 0. The van der Waals surface area contributed by atoms with Gasteiger partial charge >= 0.3 is 0 Å². The molecule has 5 nitrogen and oxygen atoms in total. The Morgan fingerprint density at radius 3 is 2.84 bits per heavy atom. The van der Waals surface area contributed by atoms with E-state index in [9.17, 15) is 0 Å². The van der Waals surface area contributed by atoms with Crippen LogP contribution in [0.3, 0.4) is 0 Å². The van der Waals surface area contributed by atoms with Gasteiger partial charge in [-0.2, -0.15) is 0 Å². The van der Waals surface area contributed by atoms with Crippen molar-refractivity contribution in [1.29, 1.82) is 0 Å². The van der Waals surface area contributed by atoms with Gasteiger partial charge in [-0.05, 0) is 30.7 Å². The molecule has 0 fully saturated rings. The molecule has 4 rings (SSSR count). The fraction of sp³-hybridized carbons (Fsp3) is 0.0714. The lowest BCUT2D eigenvalue weighted by Crippen LogP contribution is -1.76. The van der Waals surface area contributed by atoms with Crippen molar-refractivity contribution in [3.63, 3.8) is 0 Å². The third-order valence-electron chi connectivity index (χ3n) is 2.76. The highest BCUT2D eigenvalue weighted by atomic mass is 14.9. The zero-order chi connectivity index (χ0) is 13.1. The van der Waals surface area contributed by atoms with Crippen molar-refractivity contribution in [1.82, 2.24) is 24.9 Å². The van der Waals surface area contributed by atoms with Gasteiger partial charge in [0.25, 0.3) is 0 Å². The number of hydrogen-bond donors (Lipinski definition) is 2. The maximum absolute atomic E-state index is 4.19. The lowest BCUT2D eigenvalue weighted by Gasteiger charge is -1.89. The predicted molar refractivity (Wildman–Crippen MR) is 78.9 cm³/mol. The molecule has 0 aliphatic rings. The Morgan fingerprint density at radius 2 is 1.95 bits per heavy atom. The van der Waals surface area contributed by atoms with E-state index in [1.54, 1.807) is 6.20 Å². The van der Waals surface area contributed by atoms with Crippen molar-refractivity contribution < 1.29 is 2.85 Å². The van der Waals surface area contributed by atoms with Gasteiger partial charge in [-0.3, -0.25) is 0 Å². The van der Waals surface area contributed by atoms with E-state index in [4.69, 9.17) is 0 Å². The summed E-state index contributed by atoms with van der Waals surface area (Å²) in [4.78, 5) is 18.1. The van der Waals surface area contributed by atoms with Gasteiger partial charge in [0.05, 0.1) is 17.2 Å². The first-order chi connectivity index (χ1) is 9.33. The number of H-pyrrole nitrogens is 2. The van der Waals surface area contributed by atoms with Crippen molar-refractivity contribution in [3.8, 4) is 0 Å². The largest absolute Gasteiger partial charge is 0.359 e. The van der Waals surface area contributed by atoms with Crippen molar-refractivity contribution in [3.05, 3.63) is 54.9 Å². The van der Waals surface area contributed by atoms with E-state index in [1.807, 2.05) is 37.6 Å². The molecule has 0 unspecified atom stereocenters. The van der Waals surface area contributed by atoms with Gasteiger partial charge in [0.1, 0.15) is 12.0 Å². The van der Waals surface area contributed by atoms with Gasteiger partial charge in [0, 0.05) is 26.8 Å². The molecule has 0 spiro atoms. The fourth-order valence-corrected chi connectivity index (χ4v) is 1.84. The van der Waals surface area contributed by atoms with Crippen molar-refractivity contribution in [2.24, 2.45) is 0 Å². The number of fused-ring (bicyclic) bond motifs is 2. The third-order valence-corrected chi connectivity index (χ3v) is 2.76. The van der Waals surface area contributed by atoms with Crippen LogP contribution in [0, 0.1) is 6.92 Å². The van der Waals surface area contributed by atoms with E-state index in [-0.39, 0.29) is 2.85 Å². The summed E-state index contributed by atoms with van der Waals surface area (Å²) in [5.41, 5.74) is 4.11. The van der Waals surface area contributed by atoms with Gasteiger partial charge in [-0.25, -0.2) is 15.0 Å². The number of aromatic amines is 2. The van der Waals surface area contributed by atoms with E-state index in [2.05, 4.69) is 31.0 Å². The molecule has 0 aromatic carbocycles. The third kappa shape index (κ3) is 2.44. The summed E-state index contributed by atoms with van der Waals surface area (Å²) >= 11 is 0. The van der Waals surface area contributed by atoms with Crippen LogP contribution in [0.15, 0.2) is 49.3 Å². The Balaban J connectivity index is 0.000000192. The molecular formula is C14H17N5. The molecule has 0 atom stereocenters. The van der Waals surface area contributed by atoms with Gasteiger partial charge in [-0.1, -0.05) is 0 Å². The quantitative estimate of drug-likeness (QED) is 0.506. The van der Waals surface area contributed by atoms with Gasteiger partial charge in [0.15, 0.2) is 0 Å². The smallest absolute Gasteiger partial charge is 0.137 e. The molecule has 4 aromatic rings. The van der Waals surface area contributed by atoms with E-state index in [1.165, 1.54) is 17.3 Å². The Bertz CT molecular complexity index is 779. The number of nitrogens with one attached hydrogen (secondary N) is 2. The minimum absolute atomic E-state index is 0. The van der Waals surface area contributed by atoms with Crippen LogP contribution in [0.1, 0.15) is 8.42 Å².